The summed E-state index contributed by atoms with van der Waals surface area (Å²) in [5.41, 5.74) is 2.93. The minimum Gasteiger partial charge on any atom is -0.494 e. The van der Waals surface area contributed by atoms with Crippen LogP contribution in [0.5, 0.6) is 5.75 Å². The highest BCUT2D eigenvalue weighted by molar-refractivity contribution is 5.90. The lowest BCUT2D eigenvalue weighted by molar-refractivity contribution is 0.387. The molecular formula is C18H18FN3O. The number of aromatic nitrogens is 2. The zero-order chi connectivity index (χ0) is 16.4. The molecule has 0 amide bonds. The van der Waals surface area contributed by atoms with Crippen LogP contribution in [0, 0.1) is 12.7 Å². The summed E-state index contributed by atoms with van der Waals surface area (Å²) in [7, 11) is 1.44. The predicted molar refractivity (Wildman–Crippen MR) is 89.3 cm³/mol. The molecule has 0 aliphatic heterocycles. The van der Waals surface area contributed by atoms with E-state index in [1.54, 1.807) is 6.07 Å². The Hall–Kier alpha value is -2.69. The van der Waals surface area contributed by atoms with Gasteiger partial charge in [0, 0.05) is 11.5 Å². The van der Waals surface area contributed by atoms with Crippen molar-refractivity contribution in [3.63, 3.8) is 0 Å². The van der Waals surface area contributed by atoms with E-state index < -0.39 is 5.82 Å². The molecule has 0 saturated carbocycles. The van der Waals surface area contributed by atoms with Gasteiger partial charge in [-0.15, -0.1) is 0 Å². The molecule has 3 rings (SSSR count). The monoisotopic (exact) mass is 311 g/mol. The number of anilines is 1. The standard InChI is InChI=1S/C18H18FN3O/c1-11-6-4-5-7-13(11)12(2)22-18-14-8-17(23-3)15(19)9-16(14)20-10-21-18/h4-10,12H,1-3H3,(H,20,21,22). The molecule has 1 unspecified atom stereocenters. The molecule has 118 valence electrons. The Balaban J connectivity index is 2.01. The van der Waals surface area contributed by atoms with Crippen LogP contribution in [0.4, 0.5) is 10.2 Å². The quantitative estimate of drug-likeness (QED) is 0.782. The molecule has 1 heterocycles. The van der Waals surface area contributed by atoms with E-state index in [9.17, 15) is 4.39 Å². The van der Waals surface area contributed by atoms with Crippen molar-refractivity contribution in [2.75, 3.05) is 12.4 Å². The Morgan fingerprint density at radius 3 is 2.70 bits per heavy atom. The maximum Gasteiger partial charge on any atom is 0.167 e. The molecule has 1 atom stereocenters. The van der Waals surface area contributed by atoms with Crippen molar-refractivity contribution in [1.82, 2.24) is 9.97 Å². The van der Waals surface area contributed by atoms with Gasteiger partial charge in [-0.1, -0.05) is 24.3 Å². The van der Waals surface area contributed by atoms with E-state index in [1.165, 1.54) is 30.6 Å². The lowest BCUT2D eigenvalue weighted by Gasteiger charge is -2.18. The van der Waals surface area contributed by atoms with E-state index >= 15 is 0 Å². The molecule has 0 radical (unpaired) electrons. The van der Waals surface area contributed by atoms with Gasteiger partial charge in [-0.25, -0.2) is 14.4 Å². The first kappa shape index (κ1) is 15.2. The molecule has 0 fully saturated rings. The average molecular weight is 311 g/mol. The Bertz CT molecular complexity index is 851. The number of nitrogens with one attached hydrogen (secondary N) is 1. The van der Waals surface area contributed by atoms with Crippen LogP contribution < -0.4 is 10.1 Å². The van der Waals surface area contributed by atoms with Crippen LogP contribution in [-0.4, -0.2) is 17.1 Å². The summed E-state index contributed by atoms with van der Waals surface area (Å²) in [6.07, 6.45) is 1.43. The summed E-state index contributed by atoms with van der Waals surface area (Å²) in [6, 6.07) is 11.2. The second kappa shape index (κ2) is 6.20. The molecule has 0 aliphatic carbocycles. The lowest BCUT2D eigenvalue weighted by Crippen LogP contribution is -2.10. The number of benzene rings is 2. The number of halogens is 1. The summed E-state index contributed by atoms with van der Waals surface area (Å²) in [6.45, 7) is 4.14. The van der Waals surface area contributed by atoms with Crippen LogP contribution in [-0.2, 0) is 0 Å². The van der Waals surface area contributed by atoms with Crippen molar-refractivity contribution < 1.29 is 9.13 Å². The normalized spacial score (nSPS) is 12.2. The smallest absolute Gasteiger partial charge is 0.167 e. The fraction of sp³-hybridized carbons (Fsp3) is 0.222. The number of hydrogen-bond donors (Lipinski definition) is 1. The Labute approximate surface area is 134 Å². The molecule has 1 N–H and O–H groups in total. The molecule has 0 aliphatic rings. The highest BCUT2D eigenvalue weighted by Crippen LogP contribution is 2.29. The van der Waals surface area contributed by atoms with Gasteiger partial charge in [-0.3, -0.25) is 0 Å². The number of ether oxygens (including phenoxy) is 1. The van der Waals surface area contributed by atoms with Crippen molar-refractivity contribution in [3.8, 4) is 5.75 Å². The fourth-order valence-corrected chi connectivity index (χ4v) is 2.68. The number of hydrogen-bond acceptors (Lipinski definition) is 4. The zero-order valence-corrected chi connectivity index (χ0v) is 13.3. The largest absolute Gasteiger partial charge is 0.494 e. The summed E-state index contributed by atoms with van der Waals surface area (Å²) in [5, 5.41) is 4.11. The lowest BCUT2D eigenvalue weighted by atomic mass is 10.0. The van der Waals surface area contributed by atoms with Crippen LogP contribution in [0.3, 0.4) is 0 Å². The van der Waals surface area contributed by atoms with Crippen molar-refractivity contribution in [2.45, 2.75) is 19.9 Å². The van der Waals surface area contributed by atoms with Gasteiger partial charge in [-0.2, -0.15) is 0 Å². The second-order valence-electron chi connectivity index (χ2n) is 5.45. The molecular weight excluding hydrogens is 293 g/mol. The Morgan fingerprint density at radius 1 is 1.17 bits per heavy atom. The van der Waals surface area contributed by atoms with Gasteiger partial charge < -0.3 is 10.1 Å². The maximum absolute atomic E-state index is 13.8. The van der Waals surface area contributed by atoms with Crippen molar-refractivity contribution in [1.29, 1.82) is 0 Å². The molecule has 0 spiro atoms. The van der Waals surface area contributed by atoms with E-state index in [0.29, 0.717) is 11.3 Å². The summed E-state index contributed by atoms with van der Waals surface area (Å²) >= 11 is 0. The average Bonchev–Trinajstić information content (AvgIpc) is 2.54. The zero-order valence-electron chi connectivity index (χ0n) is 13.3. The highest BCUT2D eigenvalue weighted by Gasteiger charge is 2.13. The van der Waals surface area contributed by atoms with Crippen molar-refractivity contribution >= 4 is 16.7 Å². The van der Waals surface area contributed by atoms with Gasteiger partial charge in [0.1, 0.15) is 12.1 Å². The first-order valence-electron chi connectivity index (χ1n) is 7.40. The number of fused-ring (bicyclic) bond motifs is 1. The van der Waals surface area contributed by atoms with Crippen molar-refractivity contribution in [3.05, 3.63) is 59.7 Å². The van der Waals surface area contributed by atoms with Gasteiger partial charge in [-0.05, 0) is 31.0 Å². The summed E-state index contributed by atoms with van der Waals surface area (Å²) in [4.78, 5) is 8.44. The predicted octanol–water partition coefficient (Wildman–Crippen LogP) is 4.26. The molecule has 4 nitrogen and oxygen atoms in total. The Morgan fingerprint density at radius 2 is 1.96 bits per heavy atom. The SMILES string of the molecule is COc1cc2c(NC(C)c3ccccc3C)ncnc2cc1F. The van der Waals surface area contributed by atoms with Crippen LogP contribution >= 0.6 is 0 Å². The van der Waals surface area contributed by atoms with Crippen LogP contribution in [0.15, 0.2) is 42.7 Å². The van der Waals surface area contributed by atoms with Crippen LogP contribution in [0.2, 0.25) is 0 Å². The third-order valence-electron chi connectivity index (χ3n) is 3.92. The summed E-state index contributed by atoms with van der Waals surface area (Å²) in [5.74, 6) is 0.402. The molecule has 23 heavy (non-hydrogen) atoms. The minimum atomic E-state index is -0.434. The third kappa shape index (κ3) is 2.95. The van der Waals surface area contributed by atoms with Gasteiger partial charge in [0.15, 0.2) is 11.6 Å². The second-order valence-corrected chi connectivity index (χ2v) is 5.45. The van der Waals surface area contributed by atoms with Gasteiger partial charge in [0.25, 0.3) is 0 Å². The number of aryl methyl sites for hydroxylation is 1. The molecule has 0 saturated heterocycles. The molecule has 3 aromatic rings. The van der Waals surface area contributed by atoms with Gasteiger partial charge >= 0.3 is 0 Å². The number of nitrogens with zero attached hydrogens (tertiary/aromatic N) is 2. The first-order valence-corrected chi connectivity index (χ1v) is 7.40. The maximum atomic E-state index is 13.8. The topological polar surface area (TPSA) is 47.0 Å². The van der Waals surface area contributed by atoms with E-state index in [1.807, 2.05) is 12.1 Å². The summed E-state index contributed by atoms with van der Waals surface area (Å²) < 4.78 is 18.9. The molecule has 0 bridgehead atoms. The number of methoxy groups -OCH3 is 1. The highest BCUT2D eigenvalue weighted by atomic mass is 19.1. The van der Waals surface area contributed by atoms with Crippen molar-refractivity contribution in [2.24, 2.45) is 0 Å². The molecule has 5 heteroatoms. The van der Waals surface area contributed by atoms with Gasteiger partial charge in [0.05, 0.1) is 18.7 Å². The van der Waals surface area contributed by atoms with Gasteiger partial charge in [0.2, 0.25) is 0 Å². The minimum absolute atomic E-state index is 0.0605. The van der Waals surface area contributed by atoms with Crippen LogP contribution in [0.25, 0.3) is 10.9 Å². The van der Waals surface area contributed by atoms with E-state index in [0.717, 1.165) is 5.39 Å². The third-order valence-corrected chi connectivity index (χ3v) is 3.92. The number of rotatable bonds is 4. The molecule has 1 aromatic heterocycles. The van der Waals surface area contributed by atoms with Crippen LogP contribution in [0.1, 0.15) is 24.1 Å². The van der Waals surface area contributed by atoms with E-state index in [2.05, 4.69) is 41.3 Å². The first-order chi connectivity index (χ1) is 11.1. The Kier molecular flexibility index (Phi) is 4.10. The molecule has 2 aromatic carbocycles. The fourth-order valence-electron chi connectivity index (χ4n) is 2.68. The van der Waals surface area contributed by atoms with E-state index in [4.69, 9.17) is 4.74 Å². The van der Waals surface area contributed by atoms with E-state index in [-0.39, 0.29) is 11.8 Å².